The fourth-order valence-electron chi connectivity index (χ4n) is 7.58. The number of aromatic nitrogens is 1. The van der Waals surface area contributed by atoms with E-state index in [1.807, 2.05) is 12.4 Å². The van der Waals surface area contributed by atoms with Crippen LogP contribution in [0.3, 0.4) is 0 Å². The van der Waals surface area contributed by atoms with Crippen molar-refractivity contribution in [3.63, 3.8) is 0 Å². The zero-order valence-corrected chi connectivity index (χ0v) is 17.7. The number of rotatable bonds is 2. The molecule has 0 amide bonds. The Bertz CT molecular complexity index is 826. The SMILES string of the molecule is CC[C@]1(O)CC[C@@]2(C)C(CCC3C4=CC=C(c5cccnc5)[C@@]4(C)CCC32)C1. The summed E-state index contributed by atoms with van der Waals surface area (Å²) in [6, 6.07) is 4.28. The second kappa shape index (κ2) is 6.29. The van der Waals surface area contributed by atoms with Crippen molar-refractivity contribution in [2.75, 3.05) is 0 Å². The molecule has 28 heavy (non-hydrogen) atoms. The first-order chi connectivity index (χ1) is 13.4. The van der Waals surface area contributed by atoms with Crippen LogP contribution < -0.4 is 0 Å². The van der Waals surface area contributed by atoms with E-state index in [1.165, 1.54) is 43.2 Å². The Morgan fingerprint density at radius 2 is 1.96 bits per heavy atom. The predicted molar refractivity (Wildman–Crippen MR) is 115 cm³/mol. The van der Waals surface area contributed by atoms with Crippen molar-refractivity contribution in [1.29, 1.82) is 0 Å². The molecular weight excluding hydrogens is 342 g/mol. The monoisotopic (exact) mass is 377 g/mol. The molecule has 150 valence electrons. The van der Waals surface area contributed by atoms with Crippen molar-refractivity contribution in [3.05, 3.63) is 47.8 Å². The highest BCUT2D eigenvalue weighted by Crippen LogP contribution is 2.66. The number of allylic oxidation sites excluding steroid dienone is 4. The minimum absolute atomic E-state index is 0.187. The van der Waals surface area contributed by atoms with Crippen LogP contribution in [-0.2, 0) is 0 Å². The van der Waals surface area contributed by atoms with Crippen molar-refractivity contribution in [2.24, 2.45) is 28.6 Å². The van der Waals surface area contributed by atoms with Crippen molar-refractivity contribution in [1.82, 2.24) is 4.98 Å². The first kappa shape index (κ1) is 18.6. The minimum Gasteiger partial charge on any atom is -0.390 e. The maximum absolute atomic E-state index is 11.0. The molecule has 5 rings (SSSR count). The van der Waals surface area contributed by atoms with E-state index in [9.17, 15) is 5.11 Å². The van der Waals surface area contributed by atoms with Gasteiger partial charge in [-0.05, 0) is 91.7 Å². The fourth-order valence-corrected chi connectivity index (χ4v) is 7.58. The maximum Gasteiger partial charge on any atom is 0.0648 e. The summed E-state index contributed by atoms with van der Waals surface area (Å²) >= 11 is 0. The molecule has 6 atom stereocenters. The number of aliphatic hydroxyl groups is 1. The third kappa shape index (κ3) is 2.53. The molecule has 0 radical (unpaired) electrons. The first-order valence-electron chi connectivity index (χ1n) is 11.5. The summed E-state index contributed by atoms with van der Waals surface area (Å²) in [5.41, 5.74) is 4.65. The summed E-state index contributed by atoms with van der Waals surface area (Å²) in [4.78, 5) is 4.38. The third-order valence-corrected chi connectivity index (χ3v) is 9.49. The maximum atomic E-state index is 11.0. The van der Waals surface area contributed by atoms with Crippen LogP contribution in [0.5, 0.6) is 0 Å². The van der Waals surface area contributed by atoms with Crippen molar-refractivity contribution < 1.29 is 5.11 Å². The van der Waals surface area contributed by atoms with Gasteiger partial charge in [0, 0.05) is 17.8 Å². The minimum atomic E-state index is -0.401. The molecule has 3 saturated carbocycles. The molecule has 0 spiro atoms. The van der Waals surface area contributed by atoms with E-state index in [0.29, 0.717) is 11.3 Å². The van der Waals surface area contributed by atoms with E-state index in [1.54, 1.807) is 5.57 Å². The number of fused-ring (bicyclic) bond motifs is 5. The van der Waals surface area contributed by atoms with Gasteiger partial charge in [-0.15, -0.1) is 0 Å². The molecule has 4 aliphatic carbocycles. The zero-order chi connectivity index (χ0) is 19.6. The lowest BCUT2D eigenvalue weighted by Gasteiger charge is -2.60. The van der Waals surface area contributed by atoms with Crippen LogP contribution in [0.25, 0.3) is 5.57 Å². The molecule has 2 nitrogen and oxygen atoms in total. The van der Waals surface area contributed by atoms with E-state index in [2.05, 4.69) is 50.0 Å². The fraction of sp³-hybridized carbons (Fsp3) is 0.654. The van der Waals surface area contributed by atoms with Gasteiger partial charge in [0.2, 0.25) is 0 Å². The quantitative estimate of drug-likeness (QED) is 0.667. The van der Waals surface area contributed by atoms with Gasteiger partial charge in [-0.1, -0.05) is 44.6 Å². The largest absolute Gasteiger partial charge is 0.390 e. The highest BCUT2D eigenvalue weighted by atomic mass is 16.3. The Morgan fingerprint density at radius 1 is 1.11 bits per heavy atom. The molecule has 0 aliphatic heterocycles. The predicted octanol–water partition coefficient (Wildman–Crippen LogP) is 6.18. The van der Waals surface area contributed by atoms with E-state index in [4.69, 9.17) is 0 Å². The Morgan fingerprint density at radius 3 is 2.71 bits per heavy atom. The standard InChI is InChI=1S/C26H35NO/c1-4-26(28)14-13-24(2)19(16-26)7-8-20-22-10-9-21(18-6-5-15-27-17-18)25(22,3)12-11-23(20)24/h5-6,9-10,15,17,19-20,23,28H,4,7-8,11-14,16H2,1-3H3/t19?,20?,23?,24-,25+,26-/m0/s1. The molecule has 1 aromatic rings. The van der Waals surface area contributed by atoms with E-state index in [-0.39, 0.29) is 5.41 Å². The Kier molecular flexibility index (Phi) is 4.18. The van der Waals surface area contributed by atoms with Gasteiger partial charge in [-0.25, -0.2) is 0 Å². The van der Waals surface area contributed by atoms with Crippen LogP contribution in [0, 0.1) is 28.6 Å². The van der Waals surface area contributed by atoms with Crippen molar-refractivity contribution in [3.8, 4) is 0 Å². The number of hydrogen-bond donors (Lipinski definition) is 1. The molecule has 3 unspecified atom stereocenters. The van der Waals surface area contributed by atoms with Gasteiger partial charge in [0.15, 0.2) is 0 Å². The van der Waals surface area contributed by atoms with E-state index >= 15 is 0 Å². The number of hydrogen-bond acceptors (Lipinski definition) is 2. The molecular formula is C26H35NO. The summed E-state index contributed by atoms with van der Waals surface area (Å²) in [7, 11) is 0. The van der Waals surface area contributed by atoms with E-state index < -0.39 is 5.60 Å². The molecule has 0 aromatic carbocycles. The average Bonchev–Trinajstić information content (AvgIpc) is 3.06. The van der Waals surface area contributed by atoms with E-state index in [0.717, 1.165) is 31.1 Å². The van der Waals surface area contributed by atoms with Gasteiger partial charge in [0.25, 0.3) is 0 Å². The average molecular weight is 378 g/mol. The molecule has 0 bridgehead atoms. The molecule has 1 heterocycles. The highest BCUT2D eigenvalue weighted by molar-refractivity contribution is 5.78. The highest BCUT2D eigenvalue weighted by Gasteiger charge is 2.57. The van der Waals surface area contributed by atoms with Gasteiger partial charge in [-0.2, -0.15) is 0 Å². The molecule has 0 saturated heterocycles. The van der Waals surface area contributed by atoms with Crippen LogP contribution in [0.15, 0.2) is 42.3 Å². The molecule has 2 heteroatoms. The first-order valence-corrected chi connectivity index (χ1v) is 11.5. The normalized spacial score (nSPS) is 44.8. The smallest absolute Gasteiger partial charge is 0.0648 e. The number of nitrogens with zero attached hydrogens (tertiary/aromatic N) is 1. The van der Waals surface area contributed by atoms with Crippen LogP contribution in [0.1, 0.15) is 77.7 Å². The third-order valence-electron chi connectivity index (χ3n) is 9.49. The molecule has 4 aliphatic rings. The van der Waals surface area contributed by atoms with Crippen molar-refractivity contribution >= 4 is 5.57 Å². The topological polar surface area (TPSA) is 33.1 Å². The summed E-state index contributed by atoms with van der Waals surface area (Å²) in [6.45, 7) is 7.21. The summed E-state index contributed by atoms with van der Waals surface area (Å²) in [6.07, 6.45) is 18.1. The molecule has 1 aromatic heterocycles. The van der Waals surface area contributed by atoms with Crippen LogP contribution in [-0.4, -0.2) is 15.7 Å². The van der Waals surface area contributed by atoms with Gasteiger partial charge < -0.3 is 5.11 Å². The lowest BCUT2D eigenvalue weighted by Crippen LogP contribution is -2.54. The van der Waals surface area contributed by atoms with Gasteiger partial charge in [0.05, 0.1) is 5.60 Å². The number of pyridine rings is 1. The van der Waals surface area contributed by atoms with Crippen molar-refractivity contribution in [2.45, 2.75) is 77.7 Å². The molecule has 1 N–H and O–H groups in total. The van der Waals surface area contributed by atoms with Gasteiger partial charge >= 0.3 is 0 Å². The summed E-state index contributed by atoms with van der Waals surface area (Å²) in [5, 5.41) is 11.0. The summed E-state index contributed by atoms with van der Waals surface area (Å²) < 4.78 is 0. The Labute approximate surface area is 170 Å². The van der Waals surface area contributed by atoms with Gasteiger partial charge in [-0.3, -0.25) is 4.98 Å². The lowest BCUT2D eigenvalue weighted by molar-refractivity contribution is -0.121. The lowest BCUT2D eigenvalue weighted by atomic mass is 9.45. The second-order valence-corrected chi connectivity index (χ2v) is 10.6. The second-order valence-electron chi connectivity index (χ2n) is 10.6. The zero-order valence-electron chi connectivity index (χ0n) is 17.7. The summed E-state index contributed by atoms with van der Waals surface area (Å²) in [5.74, 6) is 2.21. The van der Waals surface area contributed by atoms with Gasteiger partial charge in [0.1, 0.15) is 0 Å². The van der Waals surface area contributed by atoms with Crippen LogP contribution in [0.4, 0.5) is 0 Å². The molecule has 3 fully saturated rings. The Balaban J connectivity index is 1.43. The Hall–Kier alpha value is -1.41. The van der Waals surface area contributed by atoms with Crippen LogP contribution in [0.2, 0.25) is 0 Å². The van der Waals surface area contributed by atoms with Crippen LogP contribution >= 0.6 is 0 Å².